The van der Waals surface area contributed by atoms with Gasteiger partial charge in [0.15, 0.2) is 0 Å². The number of urea groups is 1. The van der Waals surface area contributed by atoms with Gasteiger partial charge in [-0.3, -0.25) is 10.0 Å². The molecule has 34 heavy (non-hydrogen) atoms. The lowest BCUT2D eigenvalue weighted by atomic mass is 9.92. The first-order valence-electron chi connectivity index (χ1n) is 12.1. The van der Waals surface area contributed by atoms with Crippen LogP contribution in [0, 0.1) is 0 Å². The number of hydrogen-bond acceptors (Lipinski definition) is 5. The molecule has 2 fully saturated rings. The molecule has 1 aromatic heterocycles. The Kier molecular flexibility index (Phi) is 6.34. The molecular formula is C26H32N4O4. The summed E-state index contributed by atoms with van der Waals surface area (Å²) in [4.78, 5) is 17.5. The third kappa shape index (κ3) is 4.19. The predicted octanol–water partition coefficient (Wildman–Crippen LogP) is 5.86. The van der Waals surface area contributed by atoms with E-state index in [4.69, 9.17) is 9.57 Å². The monoisotopic (exact) mass is 464 g/mol. The summed E-state index contributed by atoms with van der Waals surface area (Å²) in [5, 5.41) is 18.4. The van der Waals surface area contributed by atoms with E-state index in [-0.39, 0.29) is 12.1 Å². The van der Waals surface area contributed by atoms with Crippen molar-refractivity contribution in [1.82, 2.24) is 9.88 Å². The molecule has 0 saturated heterocycles. The van der Waals surface area contributed by atoms with E-state index in [2.05, 4.69) is 15.2 Å². The summed E-state index contributed by atoms with van der Waals surface area (Å²) in [6, 6.07) is 14.1. The highest BCUT2D eigenvalue weighted by molar-refractivity contribution is 6.02. The van der Waals surface area contributed by atoms with E-state index < -0.39 is 0 Å². The first-order valence-corrected chi connectivity index (χ1v) is 12.1. The van der Waals surface area contributed by atoms with E-state index in [0.29, 0.717) is 18.3 Å². The maximum Gasteiger partial charge on any atom is 0.319 e. The number of benzene rings is 2. The number of nitrogens with zero attached hydrogens (tertiary/aromatic N) is 2. The van der Waals surface area contributed by atoms with Gasteiger partial charge in [-0.1, -0.05) is 12.1 Å². The number of rotatable bonds is 8. The van der Waals surface area contributed by atoms with Gasteiger partial charge in [0, 0.05) is 34.8 Å². The molecule has 1 heterocycles. The van der Waals surface area contributed by atoms with Gasteiger partial charge in [-0.2, -0.15) is 0 Å². The number of carbonyl (C=O) groups excluding carboxylic acids is 1. The van der Waals surface area contributed by atoms with E-state index in [9.17, 15) is 10.0 Å². The van der Waals surface area contributed by atoms with Crippen molar-refractivity contribution in [2.24, 2.45) is 0 Å². The van der Waals surface area contributed by atoms with Crippen molar-refractivity contribution in [3.05, 3.63) is 42.5 Å². The van der Waals surface area contributed by atoms with Gasteiger partial charge in [-0.05, 0) is 69.7 Å². The zero-order valence-electron chi connectivity index (χ0n) is 19.7. The van der Waals surface area contributed by atoms with Gasteiger partial charge < -0.3 is 19.9 Å². The Hall–Kier alpha value is -3.23. The fourth-order valence-corrected chi connectivity index (χ4v) is 4.73. The Bertz CT molecular complexity index is 1170. The SMILES string of the molecule is CCOc1ccc2c(N(O)OC)c(-c3ccc(NC(=O)NC4CCC4)cc3)n(C3CCC3)c2c1. The summed E-state index contributed by atoms with van der Waals surface area (Å²) >= 11 is 0. The molecular weight excluding hydrogens is 432 g/mol. The minimum atomic E-state index is -0.175. The Morgan fingerprint density at radius 2 is 1.85 bits per heavy atom. The largest absolute Gasteiger partial charge is 0.494 e. The second-order valence-corrected chi connectivity index (χ2v) is 9.02. The molecule has 8 nitrogen and oxygen atoms in total. The lowest BCUT2D eigenvalue weighted by molar-refractivity contribution is -0.0100. The van der Waals surface area contributed by atoms with Crippen molar-refractivity contribution < 1.29 is 19.6 Å². The van der Waals surface area contributed by atoms with Crippen LogP contribution in [0.1, 0.15) is 51.5 Å². The fourth-order valence-electron chi connectivity index (χ4n) is 4.73. The van der Waals surface area contributed by atoms with Gasteiger partial charge >= 0.3 is 6.03 Å². The van der Waals surface area contributed by atoms with Crippen LogP contribution in [-0.4, -0.2) is 35.6 Å². The van der Waals surface area contributed by atoms with Crippen LogP contribution in [0.15, 0.2) is 42.5 Å². The van der Waals surface area contributed by atoms with Gasteiger partial charge in [0.2, 0.25) is 0 Å². The van der Waals surface area contributed by atoms with Crippen LogP contribution in [0.5, 0.6) is 5.75 Å². The number of hydrogen-bond donors (Lipinski definition) is 3. The predicted molar refractivity (Wildman–Crippen MR) is 132 cm³/mol. The maximum absolute atomic E-state index is 12.3. The molecule has 180 valence electrons. The lowest BCUT2D eigenvalue weighted by Gasteiger charge is -2.30. The van der Waals surface area contributed by atoms with Crippen molar-refractivity contribution in [2.45, 2.75) is 57.5 Å². The van der Waals surface area contributed by atoms with Crippen molar-refractivity contribution in [3.63, 3.8) is 0 Å². The number of fused-ring (bicyclic) bond motifs is 1. The standard InChI is InChI=1S/C26H32N4O4/c1-3-34-21-14-15-22-23(16-21)29(20-8-5-9-20)24(25(22)30(32)33-2)17-10-12-19(13-11-17)28-26(31)27-18-6-4-7-18/h10-16,18,20,32H,3-9H2,1-2H3,(H2,27,28,31). The summed E-state index contributed by atoms with van der Waals surface area (Å²) in [6.45, 7) is 2.55. The molecule has 2 aromatic carbocycles. The number of carbonyl (C=O) groups is 1. The van der Waals surface area contributed by atoms with Gasteiger partial charge in [-0.15, -0.1) is 5.23 Å². The molecule has 8 heteroatoms. The third-order valence-corrected chi connectivity index (χ3v) is 6.92. The van der Waals surface area contributed by atoms with Gasteiger partial charge in [0.05, 0.1) is 24.9 Å². The van der Waals surface area contributed by atoms with Crippen LogP contribution in [0.3, 0.4) is 0 Å². The molecule has 0 atom stereocenters. The molecule has 2 aliphatic carbocycles. The topological polar surface area (TPSA) is 88.0 Å². The number of amides is 2. The number of aromatic nitrogens is 1. The van der Waals surface area contributed by atoms with Gasteiger partial charge in [0.25, 0.3) is 0 Å². The van der Waals surface area contributed by atoms with E-state index in [1.54, 1.807) is 0 Å². The highest BCUT2D eigenvalue weighted by Crippen LogP contribution is 2.47. The molecule has 3 N–H and O–H groups in total. The molecule has 0 bridgehead atoms. The highest BCUT2D eigenvalue weighted by Gasteiger charge is 2.30. The first kappa shape index (κ1) is 22.6. The Morgan fingerprint density at radius 1 is 1.12 bits per heavy atom. The molecule has 2 amide bonds. The summed E-state index contributed by atoms with van der Waals surface area (Å²) in [5.41, 5.74) is 4.12. The molecule has 0 aliphatic heterocycles. The first-order chi connectivity index (χ1) is 16.6. The molecule has 0 radical (unpaired) electrons. The minimum Gasteiger partial charge on any atom is -0.494 e. The average Bonchev–Trinajstić information content (AvgIpc) is 3.09. The van der Waals surface area contributed by atoms with E-state index >= 15 is 0 Å². The van der Waals surface area contributed by atoms with Crippen LogP contribution in [0.4, 0.5) is 16.2 Å². The maximum atomic E-state index is 12.3. The van der Waals surface area contributed by atoms with Crippen LogP contribution >= 0.6 is 0 Å². The van der Waals surface area contributed by atoms with E-state index in [0.717, 1.165) is 64.5 Å². The number of anilines is 2. The molecule has 2 saturated carbocycles. The van der Waals surface area contributed by atoms with Crippen LogP contribution in [0.2, 0.25) is 0 Å². The average molecular weight is 465 g/mol. The number of nitrogens with one attached hydrogen (secondary N) is 2. The van der Waals surface area contributed by atoms with Crippen LogP contribution in [-0.2, 0) is 4.84 Å². The lowest BCUT2D eigenvalue weighted by Crippen LogP contribution is -2.41. The molecule has 3 aromatic rings. The van der Waals surface area contributed by atoms with Crippen molar-refractivity contribution >= 4 is 28.3 Å². The van der Waals surface area contributed by atoms with Gasteiger partial charge in [-0.25, -0.2) is 4.79 Å². The highest BCUT2D eigenvalue weighted by atomic mass is 16.9. The minimum absolute atomic E-state index is 0.175. The van der Waals surface area contributed by atoms with Gasteiger partial charge in [0.1, 0.15) is 11.4 Å². The zero-order chi connectivity index (χ0) is 23.7. The second-order valence-electron chi connectivity index (χ2n) is 9.02. The smallest absolute Gasteiger partial charge is 0.319 e. The summed E-state index contributed by atoms with van der Waals surface area (Å²) in [5.74, 6) is 0.796. The van der Waals surface area contributed by atoms with Crippen molar-refractivity contribution in [1.29, 1.82) is 0 Å². The fraction of sp³-hybridized carbons (Fsp3) is 0.423. The van der Waals surface area contributed by atoms with Crippen molar-refractivity contribution in [2.75, 3.05) is 24.3 Å². The van der Waals surface area contributed by atoms with Crippen LogP contribution < -0.4 is 20.6 Å². The Balaban J connectivity index is 1.55. The second kappa shape index (κ2) is 9.56. The summed E-state index contributed by atoms with van der Waals surface area (Å²) in [7, 11) is 1.44. The molecule has 0 unspecified atom stereocenters. The van der Waals surface area contributed by atoms with Crippen LogP contribution in [0.25, 0.3) is 22.2 Å². The normalized spacial score (nSPS) is 16.1. The molecule has 0 spiro atoms. The Morgan fingerprint density at radius 3 is 2.44 bits per heavy atom. The number of ether oxygens (including phenoxy) is 1. The summed E-state index contributed by atoms with van der Waals surface area (Å²) in [6.07, 6.45) is 6.59. The summed E-state index contributed by atoms with van der Waals surface area (Å²) < 4.78 is 8.06. The Labute approximate surface area is 199 Å². The van der Waals surface area contributed by atoms with E-state index in [1.807, 2.05) is 49.4 Å². The van der Waals surface area contributed by atoms with Crippen molar-refractivity contribution in [3.8, 4) is 17.0 Å². The molecule has 5 rings (SSSR count). The zero-order valence-corrected chi connectivity index (χ0v) is 19.7. The third-order valence-electron chi connectivity index (χ3n) is 6.92. The quantitative estimate of drug-likeness (QED) is 0.363. The van der Waals surface area contributed by atoms with E-state index in [1.165, 1.54) is 20.0 Å². The molecule has 2 aliphatic rings.